The van der Waals surface area contributed by atoms with Crippen LogP contribution in [0.5, 0.6) is 0 Å². The van der Waals surface area contributed by atoms with Gasteiger partial charge in [0.25, 0.3) is 5.79 Å². The number of aliphatic carboxylic acids is 1. The second-order valence-corrected chi connectivity index (χ2v) is 18.2. The topological polar surface area (TPSA) is 551 Å². The highest BCUT2D eigenvalue weighted by Crippen LogP contribution is 2.39. The van der Waals surface area contributed by atoms with E-state index in [0.29, 0.717) is 0 Å². The Labute approximate surface area is 425 Å². The minimum atomic E-state index is -3.25. The Bertz CT molecular complexity index is 1860. The Morgan fingerprint density at radius 2 is 1.19 bits per heavy atom. The number of hydrogen-bond donors (Lipinski definition) is 21. The number of amides is 4. The van der Waals surface area contributed by atoms with Gasteiger partial charge in [-0.3, -0.25) is 19.2 Å². The molecule has 0 spiro atoms. The number of hydrogen-bond acceptors (Lipinski definition) is 29. The van der Waals surface area contributed by atoms with Crippen molar-refractivity contribution in [1.29, 1.82) is 0 Å². The average Bonchev–Trinajstić information content (AvgIpc) is 3.36. The smallest absolute Gasteiger partial charge is 0.364 e. The fraction of sp³-hybridized carbons (Fsp3) is 0.878. The van der Waals surface area contributed by atoms with Gasteiger partial charge in [0.15, 0.2) is 18.9 Å². The lowest BCUT2D eigenvalue weighted by Gasteiger charge is -2.51. The van der Waals surface area contributed by atoms with Crippen molar-refractivity contribution in [3.8, 4) is 0 Å². The van der Waals surface area contributed by atoms with Gasteiger partial charge in [-0.2, -0.15) is 0 Å². The van der Waals surface area contributed by atoms with E-state index < -0.39 is 235 Å². The first-order chi connectivity index (χ1) is 35.2. The van der Waals surface area contributed by atoms with Crippen molar-refractivity contribution < 1.29 is 149 Å². The summed E-state index contributed by atoms with van der Waals surface area (Å²) in [5, 5.41) is 190. The van der Waals surface area contributed by atoms with Crippen LogP contribution in [0.15, 0.2) is 0 Å². The van der Waals surface area contributed by atoms with E-state index in [9.17, 15) is 111 Å². The van der Waals surface area contributed by atoms with E-state index in [1.165, 1.54) is 0 Å². The van der Waals surface area contributed by atoms with Gasteiger partial charge in [0.2, 0.25) is 23.6 Å². The number of ether oxygens (including phenoxy) is 8. The number of aliphatic hydroxyl groups excluding tert-OH is 16. The highest BCUT2D eigenvalue weighted by Gasteiger charge is 2.60. The van der Waals surface area contributed by atoms with Gasteiger partial charge < -0.3 is 146 Å². The van der Waals surface area contributed by atoms with Gasteiger partial charge in [-0.05, 0) is 0 Å². The Morgan fingerprint density at radius 1 is 0.627 bits per heavy atom. The molecule has 0 radical (unpaired) electrons. The van der Waals surface area contributed by atoms with Crippen molar-refractivity contribution >= 4 is 29.6 Å². The fourth-order valence-corrected chi connectivity index (χ4v) is 8.85. The molecular weight excluding hydrogens is 1030 g/mol. The second kappa shape index (κ2) is 28.3. The summed E-state index contributed by atoms with van der Waals surface area (Å²) in [5.74, 6) is -9.05. The zero-order chi connectivity index (χ0) is 56.4. The van der Waals surface area contributed by atoms with Crippen LogP contribution in [0.25, 0.3) is 0 Å². The van der Waals surface area contributed by atoms with Gasteiger partial charge in [-0.1, -0.05) is 0 Å². The Morgan fingerprint density at radius 3 is 1.71 bits per heavy atom. The maximum Gasteiger partial charge on any atom is 0.364 e. The lowest BCUT2D eigenvalue weighted by atomic mass is 9.88. The minimum Gasteiger partial charge on any atom is -0.477 e. The Balaban J connectivity index is 1.65. The molecule has 4 aliphatic rings. The van der Waals surface area contributed by atoms with Crippen molar-refractivity contribution in [1.82, 2.24) is 21.3 Å². The molecule has 0 aromatic carbocycles. The third kappa shape index (κ3) is 15.4. The van der Waals surface area contributed by atoms with Gasteiger partial charge in [-0.25, -0.2) is 4.79 Å². The first-order valence-corrected chi connectivity index (χ1v) is 23.3. The van der Waals surface area contributed by atoms with E-state index in [1.807, 2.05) is 0 Å². The predicted octanol–water partition coefficient (Wildman–Crippen LogP) is -13.5. The molecule has 25 atom stereocenters. The molecule has 21 N–H and O–H groups in total. The number of rotatable bonds is 25. The van der Waals surface area contributed by atoms with E-state index in [-0.39, 0.29) is 0 Å². The molecular formula is C41H70N4O30. The van der Waals surface area contributed by atoms with Crippen molar-refractivity contribution in [3.63, 3.8) is 0 Å². The molecule has 0 bridgehead atoms. The molecule has 34 heteroatoms. The van der Waals surface area contributed by atoms with Crippen LogP contribution < -0.4 is 21.3 Å². The zero-order valence-corrected chi connectivity index (χ0v) is 40.4. The largest absolute Gasteiger partial charge is 0.477 e. The number of aliphatic hydroxyl groups is 16. The summed E-state index contributed by atoms with van der Waals surface area (Å²) in [4.78, 5) is 62.0. The van der Waals surface area contributed by atoms with Crippen LogP contribution in [0.4, 0.5) is 0 Å². The number of carbonyl (C=O) groups excluding carboxylic acids is 4. The summed E-state index contributed by atoms with van der Waals surface area (Å²) in [6.07, 6.45) is -42.4. The first-order valence-electron chi connectivity index (χ1n) is 23.3. The lowest BCUT2D eigenvalue weighted by molar-refractivity contribution is -0.384. The van der Waals surface area contributed by atoms with Crippen molar-refractivity contribution in [2.75, 3.05) is 46.2 Å². The summed E-state index contributed by atoms with van der Waals surface area (Å²) in [6, 6.07) is -6.90. The van der Waals surface area contributed by atoms with Gasteiger partial charge in [-0.15, -0.1) is 0 Å². The van der Waals surface area contributed by atoms with E-state index >= 15 is 0 Å². The van der Waals surface area contributed by atoms with E-state index in [2.05, 4.69) is 21.3 Å². The van der Waals surface area contributed by atoms with Crippen LogP contribution in [-0.2, 0) is 61.9 Å². The Kier molecular flexibility index (Phi) is 24.1. The maximum atomic E-state index is 13.0. The molecule has 4 heterocycles. The summed E-state index contributed by atoms with van der Waals surface area (Å²) in [5.41, 5.74) is 0. The van der Waals surface area contributed by atoms with Crippen molar-refractivity contribution in [3.05, 3.63) is 0 Å². The summed E-state index contributed by atoms with van der Waals surface area (Å²) < 4.78 is 45.5. The molecule has 0 aromatic rings. The monoisotopic (exact) mass is 1100 g/mol. The predicted molar refractivity (Wildman–Crippen MR) is 234 cm³/mol. The second-order valence-electron chi connectivity index (χ2n) is 18.2. The molecule has 34 nitrogen and oxygen atoms in total. The SMILES string of the molecule is CC(=O)N[C@H]1[C@H](O[C@@H]([C@@H](O)[C@H](O)CO[C@@H]2O[C@H](CO)[C@@H](O)[C@H](O)[C@H]2NC(C)=O)[C@H](CO)NC(C)=O)O[C@H](CO)[C@@H](O[C@@H]2O[C@H](CO)[C@H](O)[C@H](O[C@]3(C(=O)O)C[C@H](O)[C@@H](NC(=O)CO)[C@H]([C@H](O)[C@H](O)CO)O3)[C@H]2O)[C@@H]1O. The molecule has 4 saturated heterocycles. The van der Waals surface area contributed by atoms with E-state index in [0.717, 1.165) is 20.8 Å². The van der Waals surface area contributed by atoms with Crippen LogP contribution in [0.1, 0.15) is 27.2 Å². The first kappa shape index (κ1) is 63.9. The summed E-state index contributed by atoms with van der Waals surface area (Å²) in [7, 11) is 0. The molecule has 0 aromatic heterocycles. The van der Waals surface area contributed by atoms with Crippen molar-refractivity contribution in [2.24, 2.45) is 0 Å². The quantitative estimate of drug-likeness (QED) is 0.0404. The number of nitrogens with one attached hydrogen (secondary N) is 4. The minimum absolute atomic E-state index is 0.731. The fourth-order valence-electron chi connectivity index (χ4n) is 8.85. The van der Waals surface area contributed by atoms with E-state index in [1.54, 1.807) is 0 Å². The van der Waals surface area contributed by atoms with Crippen molar-refractivity contribution in [2.45, 2.75) is 180 Å². The van der Waals surface area contributed by atoms with Gasteiger partial charge >= 0.3 is 5.97 Å². The number of carbonyl (C=O) groups is 5. The molecule has 4 rings (SSSR count). The van der Waals surface area contributed by atoms with Gasteiger partial charge in [0, 0.05) is 27.2 Å². The third-order valence-electron chi connectivity index (χ3n) is 12.6. The molecule has 434 valence electrons. The molecule has 0 saturated carbocycles. The number of carboxylic acid groups (broad SMARTS) is 1. The molecule has 0 unspecified atom stereocenters. The summed E-state index contributed by atoms with van der Waals surface area (Å²) in [6.45, 7) is -4.55. The van der Waals surface area contributed by atoms with Gasteiger partial charge in [0.05, 0.1) is 57.8 Å². The Hall–Kier alpha value is -3.61. The zero-order valence-electron chi connectivity index (χ0n) is 40.4. The molecule has 4 amide bonds. The standard InChI is InChI=1S/C41H70N4O30/c1-12(52)42-15(5-46)33(27(60)18(57)11-68-37-24(43-13(2)53)30(63)28(61)19(7-48)69-37)72-38-25(44-14(3)54)31(64)34(21(9-50)71-38)73-39-32(65)36(29(62)20(8-49)70-39)75-41(40(66)67)4-16(55)23(45-22(58)10-51)35(74-41)26(59)17(56)6-47/h15-21,23-39,46-51,55-57,59-65H,4-11H2,1-3H3,(H,42,52)(H,43,53)(H,44,54)(H,45,58)(H,66,67)/t15-,16-,17+,18+,19+,20+,21+,23+,24+,25+,26+,27-,28+,29-,30+,31+,32+,33+,34+,35+,36-,37+,38-,39-,41-/m0/s1. The highest BCUT2D eigenvalue weighted by molar-refractivity contribution is 5.78. The average molecular weight is 1100 g/mol. The maximum absolute atomic E-state index is 13.0. The van der Waals surface area contributed by atoms with E-state index in [4.69, 9.17) is 37.9 Å². The lowest BCUT2D eigenvalue weighted by Crippen LogP contribution is -2.71. The van der Waals surface area contributed by atoms with Crippen LogP contribution in [-0.4, -0.2) is 315 Å². The molecule has 75 heavy (non-hydrogen) atoms. The number of carboxylic acids is 1. The molecule has 0 aliphatic carbocycles. The molecule has 4 fully saturated rings. The normalized spacial score (nSPS) is 38.7. The van der Waals surface area contributed by atoms with Crippen LogP contribution in [0.2, 0.25) is 0 Å². The third-order valence-corrected chi connectivity index (χ3v) is 12.6. The van der Waals surface area contributed by atoms with Gasteiger partial charge in [0.1, 0.15) is 116 Å². The highest BCUT2D eigenvalue weighted by atomic mass is 16.8. The van der Waals surface area contributed by atoms with Crippen LogP contribution >= 0.6 is 0 Å². The summed E-state index contributed by atoms with van der Waals surface area (Å²) >= 11 is 0. The van der Waals surface area contributed by atoms with Crippen LogP contribution in [0, 0.1) is 0 Å². The van der Waals surface area contributed by atoms with Crippen LogP contribution in [0.3, 0.4) is 0 Å². The molecule has 4 aliphatic heterocycles.